The Hall–Kier alpha value is -1.97. The van der Waals surface area contributed by atoms with Crippen molar-refractivity contribution in [1.29, 1.82) is 0 Å². The predicted molar refractivity (Wildman–Crippen MR) is 67.8 cm³/mol. The van der Waals surface area contributed by atoms with Crippen LogP contribution in [0.1, 0.15) is 18.2 Å². The van der Waals surface area contributed by atoms with Crippen molar-refractivity contribution in [3.63, 3.8) is 0 Å². The molecule has 0 saturated heterocycles. The Morgan fingerprint density at radius 3 is 2.59 bits per heavy atom. The molecular weight excluding hydrogens is 214 g/mol. The molecule has 1 aromatic carbocycles. The van der Waals surface area contributed by atoms with Crippen LogP contribution in [-0.4, -0.2) is 9.78 Å². The van der Waals surface area contributed by atoms with Crippen molar-refractivity contribution in [1.82, 2.24) is 9.78 Å². The Kier molecular flexibility index (Phi) is 3.32. The van der Waals surface area contributed by atoms with Crippen molar-refractivity contribution in [3.05, 3.63) is 41.7 Å². The van der Waals surface area contributed by atoms with Crippen molar-refractivity contribution < 1.29 is 4.74 Å². The smallest absolute Gasteiger partial charge is 0.119 e. The summed E-state index contributed by atoms with van der Waals surface area (Å²) in [4.78, 5) is 0. The SMILES string of the molecule is CCn1ncc(COc2ccc(N)cc2)c1C. The number of nitrogen functional groups attached to an aromatic ring is 1. The molecule has 0 aliphatic carbocycles. The summed E-state index contributed by atoms with van der Waals surface area (Å²) in [7, 11) is 0. The molecule has 2 rings (SSSR count). The van der Waals surface area contributed by atoms with Crippen LogP contribution < -0.4 is 10.5 Å². The molecule has 0 fully saturated rings. The van der Waals surface area contributed by atoms with Gasteiger partial charge in [0.25, 0.3) is 0 Å². The lowest BCUT2D eigenvalue weighted by atomic mass is 10.3. The van der Waals surface area contributed by atoms with Crippen molar-refractivity contribution in [3.8, 4) is 5.75 Å². The molecule has 0 unspecified atom stereocenters. The number of rotatable bonds is 4. The number of aromatic nitrogens is 2. The topological polar surface area (TPSA) is 53.1 Å². The van der Waals surface area contributed by atoms with Crippen LogP contribution in [0.2, 0.25) is 0 Å². The number of aryl methyl sites for hydroxylation is 1. The molecule has 0 atom stereocenters. The van der Waals surface area contributed by atoms with E-state index in [2.05, 4.69) is 18.9 Å². The molecule has 0 saturated carbocycles. The number of nitrogens with zero attached hydrogens (tertiary/aromatic N) is 2. The van der Waals surface area contributed by atoms with Gasteiger partial charge >= 0.3 is 0 Å². The van der Waals surface area contributed by atoms with Crippen LogP contribution in [0, 0.1) is 6.92 Å². The van der Waals surface area contributed by atoms with E-state index in [9.17, 15) is 0 Å². The maximum absolute atomic E-state index is 5.68. The fraction of sp³-hybridized carbons (Fsp3) is 0.308. The van der Waals surface area contributed by atoms with E-state index in [4.69, 9.17) is 10.5 Å². The summed E-state index contributed by atoms with van der Waals surface area (Å²) < 4.78 is 7.64. The maximum atomic E-state index is 5.68. The van der Waals surface area contributed by atoms with Crippen LogP contribution in [-0.2, 0) is 13.2 Å². The Balaban J connectivity index is 2.02. The monoisotopic (exact) mass is 231 g/mol. The number of nitrogens with two attached hydrogens (primary N) is 1. The van der Waals surface area contributed by atoms with Gasteiger partial charge in [-0.25, -0.2) is 0 Å². The Bertz CT molecular complexity index is 488. The van der Waals surface area contributed by atoms with Gasteiger partial charge in [0.05, 0.1) is 6.20 Å². The molecule has 2 aromatic rings. The highest BCUT2D eigenvalue weighted by Crippen LogP contribution is 2.16. The molecule has 0 amide bonds. The summed E-state index contributed by atoms with van der Waals surface area (Å²) in [6, 6.07) is 7.40. The molecule has 4 nitrogen and oxygen atoms in total. The summed E-state index contributed by atoms with van der Waals surface area (Å²) >= 11 is 0. The van der Waals surface area contributed by atoms with Crippen molar-refractivity contribution in [2.24, 2.45) is 0 Å². The second-order valence-corrected chi connectivity index (χ2v) is 3.93. The average Bonchev–Trinajstić information content (AvgIpc) is 2.69. The molecular formula is C13H17N3O. The number of benzene rings is 1. The second-order valence-electron chi connectivity index (χ2n) is 3.93. The Labute approximate surface area is 101 Å². The van der Waals surface area contributed by atoms with E-state index in [1.807, 2.05) is 35.1 Å². The van der Waals surface area contributed by atoms with E-state index >= 15 is 0 Å². The average molecular weight is 231 g/mol. The lowest BCUT2D eigenvalue weighted by Crippen LogP contribution is -2.01. The normalized spacial score (nSPS) is 10.5. The molecule has 1 heterocycles. The molecule has 90 valence electrons. The largest absolute Gasteiger partial charge is 0.489 e. The highest BCUT2D eigenvalue weighted by molar-refractivity contribution is 5.41. The second kappa shape index (κ2) is 4.91. The van der Waals surface area contributed by atoms with Crippen LogP contribution in [0.5, 0.6) is 5.75 Å². The van der Waals surface area contributed by atoms with Gasteiger partial charge in [-0.2, -0.15) is 5.10 Å². The van der Waals surface area contributed by atoms with Crippen LogP contribution >= 0.6 is 0 Å². The molecule has 4 heteroatoms. The minimum atomic E-state index is 0.537. The van der Waals surface area contributed by atoms with Crippen LogP contribution in [0.3, 0.4) is 0 Å². The van der Waals surface area contributed by atoms with Gasteiger partial charge in [0.2, 0.25) is 0 Å². The first-order valence-electron chi connectivity index (χ1n) is 5.70. The van der Waals surface area contributed by atoms with Crippen LogP contribution in [0.25, 0.3) is 0 Å². The molecule has 0 aliphatic rings. The third-order valence-corrected chi connectivity index (χ3v) is 2.78. The molecule has 0 radical (unpaired) electrons. The maximum Gasteiger partial charge on any atom is 0.119 e. The molecule has 1 aromatic heterocycles. The summed E-state index contributed by atoms with van der Waals surface area (Å²) in [5.74, 6) is 0.822. The van der Waals surface area contributed by atoms with Crippen LogP contribution in [0.4, 0.5) is 5.69 Å². The first kappa shape index (κ1) is 11.5. The predicted octanol–water partition coefficient (Wildman–Crippen LogP) is 2.37. The van der Waals surface area contributed by atoms with E-state index in [-0.39, 0.29) is 0 Å². The molecule has 2 N–H and O–H groups in total. The van der Waals surface area contributed by atoms with Gasteiger partial charge in [0.1, 0.15) is 12.4 Å². The number of anilines is 1. The zero-order chi connectivity index (χ0) is 12.3. The minimum absolute atomic E-state index is 0.537. The molecule has 17 heavy (non-hydrogen) atoms. The summed E-state index contributed by atoms with van der Waals surface area (Å²) in [5.41, 5.74) is 8.62. The third-order valence-electron chi connectivity index (χ3n) is 2.78. The van der Waals surface area contributed by atoms with E-state index in [0.29, 0.717) is 6.61 Å². The lowest BCUT2D eigenvalue weighted by molar-refractivity contribution is 0.305. The summed E-state index contributed by atoms with van der Waals surface area (Å²) in [6.45, 7) is 5.55. The zero-order valence-corrected chi connectivity index (χ0v) is 10.2. The lowest BCUT2D eigenvalue weighted by Gasteiger charge is -2.06. The highest BCUT2D eigenvalue weighted by Gasteiger charge is 2.05. The fourth-order valence-electron chi connectivity index (χ4n) is 1.67. The van der Waals surface area contributed by atoms with E-state index < -0.39 is 0 Å². The van der Waals surface area contributed by atoms with Crippen molar-refractivity contribution in [2.75, 3.05) is 5.73 Å². The zero-order valence-electron chi connectivity index (χ0n) is 10.2. The first-order valence-corrected chi connectivity index (χ1v) is 5.70. The Morgan fingerprint density at radius 1 is 1.29 bits per heavy atom. The Morgan fingerprint density at radius 2 is 2.00 bits per heavy atom. The number of hydrogen-bond acceptors (Lipinski definition) is 3. The summed E-state index contributed by atoms with van der Waals surface area (Å²) in [5, 5.41) is 4.28. The van der Waals surface area contributed by atoms with Gasteiger partial charge in [-0.1, -0.05) is 0 Å². The van der Waals surface area contributed by atoms with E-state index in [0.717, 1.165) is 29.2 Å². The van der Waals surface area contributed by atoms with Gasteiger partial charge < -0.3 is 10.5 Å². The third kappa shape index (κ3) is 2.58. The first-order chi connectivity index (χ1) is 8.20. The van der Waals surface area contributed by atoms with Gasteiger partial charge in [-0.15, -0.1) is 0 Å². The van der Waals surface area contributed by atoms with Crippen LogP contribution in [0.15, 0.2) is 30.5 Å². The van der Waals surface area contributed by atoms with E-state index in [1.165, 1.54) is 0 Å². The van der Waals surface area contributed by atoms with Crippen molar-refractivity contribution in [2.45, 2.75) is 27.0 Å². The highest BCUT2D eigenvalue weighted by atomic mass is 16.5. The molecule has 0 aliphatic heterocycles. The van der Waals surface area contributed by atoms with E-state index in [1.54, 1.807) is 0 Å². The number of ether oxygens (including phenoxy) is 1. The molecule has 0 bridgehead atoms. The van der Waals surface area contributed by atoms with Gasteiger partial charge in [0, 0.05) is 23.5 Å². The summed E-state index contributed by atoms with van der Waals surface area (Å²) in [6.07, 6.45) is 1.86. The van der Waals surface area contributed by atoms with Gasteiger partial charge in [0.15, 0.2) is 0 Å². The molecule has 0 spiro atoms. The van der Waals surface area contributed by atoms with Gasteiger partial charge in [-0.05, 0) is 38.1 Å². The fourth-order valence-corrected chi connectivity index (χ4v) is 1.67. The standard InChI is InChI=1S/C13H17N3O/c1-3-16-10(2)11(8-15-16)9-17-13-6-4-12(14)5-7-13/h4-8H,3,9,14H2,1-2H3. The van der Waals surface area contributed by atoms with Gasteiger partial charge in [-0.3, -0.25) is 4.68 Å². The number of hydrogen-bond donors (Lipinski definition) is 1. The minimum Gasteiger partial charge on any atom is -0.489 e. The van der Waals surface area contributed by atoms with Crippen molar-refractivity contribution >= 4 is 5.69 Å². The quantitative estimate of drug-likeness (QED) is 0.822.